The summed E-state index contributed by atoms with van der Waals surface area (Å²) in [6, 6.07) is 0.467. The third-order valence-corrected chi connectivity index (χ3v) is 2.45. The molecule has 0 bridgehead atoms. The van der Waals surface area contributed by atoms with Crippen LogP contribution in [0.2, 0.25) is 0 Å². The molecule has 1 saturated heterocycles. The van der Waals surface area contributed by atoms with Crippen molar-refractivity contribution in [1.82, 2.24) is 0 Å². The Balaban J connectivity index is 2.60. The van der Waals surface area contributed by atoms with E-state index in [1.54, 1.807) is 0 Å². The molecule has 2 heteroatoms. The van der Waals surface area contributed by atoms with Crippen molar-refractivity contribution in [3.63, 3.8) is 0 Å². The lowest BCUT2D eigenvalue weighted by Crippen LogP contribution is -2.30. The van der Waals surface area contributed by atoms with E-state index < -0.39 is 0 Å². The molecule has 0 aromatic carbocycles. The molecule has 3 unspecified atom stereocenters. The lowest BCUT2D eigenvalue weighted by atomic mass is 9.81. The van der Waals surface area contributed by atoms with Gasteiger partial charge in [-0.05, 0) is 17.8 Å². The maximum atomic E-state index is 5.84. The van der Waals surface area contributed by atoms with Crippen LogP contribution in [0.25, 0.3) is 0 Å². The van der Waals surface area contributed by atoms with Crippen molar-refractivity contribution in [3.05, 3.63) is 0 Å². The molecule has 0 amide bonds. The van der Waals surface area contributed by atoms with E-state index in [0.29, 0.717) is 17.5 Å². The van der Waals surface area contributed by atoms with Gasteiger partial charge in [-0.15, -0.1) is 0 Å². The largest absolute Gasteiger partial charge is 0.383 e. The Labute approximate surface area is 70.9 Å². The summed E-state index contributed by atoms with van der Waals surface area (Å²) < 4.78 is 5.84. The normalized spacial score (nSPS) is 39.5. The van der Waals surface area contributed by atoms with E-state index in [9.17, 15) is 0 Å². The minimum atomic E-state index is 0.310. The fourth-order valence-corrected chi connectivity index (χ4v) is 2.14. The maximum absolute atomic E-state index is 5.84. The molecule has 0 radical (unpaired) electrons. The van der Waals surface area contributed by atoms with Gasteiger partial charge < -0.3 is 4.74 Å². The van der Waals surface area contributed by atoms with E-state index >= 15 is 0 Å². The van der Waals surface area contributed by atoms with Crippen molar-refractivity contribution in [3.8, 4) is 0 Å². The molecule has 0 aliphatic carbocycles. The molecule has 0 aromatic rings. The van der Waals surface area contributed by atoms with Crippen molar-refractivity contribution in [1.29, 1.82) is 0 Å². The molecule has 3 atom stereocenters. The molecular formula is C9H19BO. The van der Waals surface area contributed by atoms with Gasteiger partial charge in [-0.1, -0.05) is 27.7 Å². The van der Waals surface area contributed by atoms with Gasteiger partial charge in [0.15, 0.2) is 0 Å². The fraction of sp³-hybridized carbons (Fsp3) is 1.00. The quantitative estimate of drug-likeness (QED) is 0.479. The Morgan fingerprint density at radius 2 is 1.91 bits per heavy atom. The van der Waals surface area contributed by atoms with Crippen molar-refractivity contribution < 1.29 is 4.74 Å². The Morgan fingerprint density at radius 1 is 1.36 bits per heavy atom. The molecule has 1 heterocycles. The molecule has 0 N–H and O–H groups in total. The van der Waals surface area contributed by atoms with Crippen LogP contribution in [0.15, 0.2) is 0 Å². The molecular weight excluding hydrogens is 135 g/mol. The third-order valence-electron chi connectivity index (χ3n) is 2.45. The summed E-state index contributed by atoms with van der Waals surface area (Å²) in [6.45, 7) is 9.06. The highest BCUT2D eigenvalue weighted by molar-refractivity contribution is 6.11. The van der Waals surface area contributed by atoms with Gasteiger partial charge in [0.25, 0.3) is 0 Å². The SMILES string of the molecule is BC1CC(C)C(C(C)(C)C)O1. The van der Waals surface area contributed by atoms with Gasteiger partial charge in [0.2, 0.25) is 0 Å². The second kappa shape index (κ2) is 2.82. The van der Waals surface area contributed by atoms with E-state index in [-0.39, 0.29) is 0 Å². The second-order valence-corrected chi connectivity index (χ2v) is 4.95. The van der Waals surface area contributed by atoms with E-state index in [1.165, 1.54) is 6.42 Å². The first-order valence-electron chi connectivity index (χ1n) is 4.56. The van der Waals surface area contributed by atoms with Crippen LogP contribution in [0, 0.1) is 11.3 Å². The summed E-state index contributed by atoms with van der Waals surface area (Å²) in [5.74, 6) is 0.727. The zero-order chi connectivity index (χ0) is 8.65. The Bertz CT molecular complexity index is 139. The molecule has 1 aliphatic heterocycles. The maximum Gasteiger partial charge on any atom is 0.139 e. The number of rotatable bonds is 0. The minimum absolute atomic E-state index is 0.310. The first kappa shape index (κ1) is 9.12. The highest BCUT2D eigenvalue weighted by atomic mass is 16.5. The summed E-state index contributed by atoms with van der Waals surface area (Å²) >= 11 is 0. The average Bonchev–Trinajstić information content (AvgIpc) is 2.08. The zero-order valence-corrected chi connectivity index (χ0v) is 8.35. The summed E-state index contributed by atoms with van der Waals surface area (Å²) in [4.78, 5) is 0. The van der Waals surface area contributed by atoms with E-state index in [0.717, 1.165) is 5.92 Å². The van der Waals surface area contributed by atoms with Gasteiger partial charge >= 0.3 is 0 Å². The van der Waals surface area contributed by atoms with E-state index in [4.69, 9.17) is 4.74 Å². The number of hydrogen-bond donors (Lipinski definition) is 0. The van der Waals surface area contributed by atoms with Crippen LogP contribution in [0.3, 0.4) is 0 Å². The van der Waals surface area contributed by atoms with Crippen LogP contribution in [0.4, 0.5) is 0 Å². The Kier molecular flexibility index (Phi) is 2.33. The number of ether oxygens (including phenoxy) is 1. The molecule has 64 valence electrons. The molecule has 1 rings (SSSR count). The molecule has 0 saturated carbocycles. The van der Waals surface area contributed by atoms with Gasteiger partial charge in [-0.2, -0.15) is 0 Å². The molecule has 11 heavy (non-hydrogen) atoms. The van der Waals surface area contributed by atoms with Crippen molar-refractivity contribution in [2.45, 2.75) is 46.2 Å². The van der Waals surface area contributed by atoms with Crippen molar-refractivity contribution in [2.24, 2.45) is 11.3 Å². The summed E-state index contributed by atoms with van der Waals surface area (Å²) in [6.07, 6.45) is 1.68. The smallest absolute Gasteiger partial charge is 0.139 e. The van der Waals surface area contributed by atoms with Crippen LogP contribution in [0.5, 0.6) is 0 Å². The minimum Gasteiger partial charge on any atom is -0.383 e. The highest BCUT2D eigenvalue weighted by Gasteiger charge is 2.37. The van der Waals surface area contributed by atoms with Crippen LogP contribution in [0.1, 0.15) is 34.1 Å². The van der Waals surface area contributed by atoms with Gasteiger partial charge in [-0.25, -0.2) is 0 Å². The molecule has 1 aliphatic rings. The lowest BCUT2D eigenvalue weighted by molar-refractivity contribution is -0.00236. The first-order valence-corrected chi connectivity index (χ1v) is 4.56. The van der Waals surface area contributed by atoms with Crippen LogP contribution >= 0.6 is 0 Å². The topological polar surface area (TPSA) is 9.23 Å². The summed E-state index contributed by atoms with van der Waals surface area (Å²) in [7, 11) is 2.17. The van der Waals surface area contributed by atoms with Gasteiger partial charge in [0, 0.05) is 6.00 Å². The molecule has 0 spiro atoms. The number of hydrogen-bond acceptors (Lipinski definition) is 1. The van der Waals surface area contributed by atoms with Crippen LogP contribution in [-0.4, -0.2) is 20.0 Å². The van der Waals surface area contributed by atoms with Crippen molar-refractivity contribution in [2.75, 3.05) is 0 Å². The summed E-state index contributed by atoms with van der Waals surface area (Å²) in [5.41, 5.74) is 0.310. The highest BCUT2D eigenvalue weighted by Crippen LogP contribution is 2.36. The monoisotopic (exact) mass is 154 g/mol. The molecule has 1 nitrogen and oxygen atoms in total. The van der Waals surface area contributed by atoms with Crippen LogP contribution in [-0.2, 0) is 4.74 Å². The summed E-state index contributed by atoms with van der Waals surface area (Å²) in [5, 5.41) is 0. The fourth-order valence-electron chi connectivity index (χ4n) is 2.14. The van der Waals surface area contributed by atoms with Crippen LogP contribution < -0.4 is 0 Å². The Hall–Kier alpha value is 0.0249. The zero-order valence-electron chi connectivity index (χ0n) is 8.35. The Morgan fingerprint density at radius 3 is 2.09 bits per heavy atom. The predicted molar refractivity (Wildman–Crippen MR) is 50.4 cm³/mol. The second-order valence-electron chi connectivity index (χ2n) is 4.95. The van der Waals surface area contributed by atoms with Gasteiger partial charge in [0.1, 0.15) is 7.85 Å². The standard InChI is InChI=1S/C9H19BO/c1-6-5-7(10)11-8(6)9(2,3)4/h6-8H,5,10H2,1-4H3. The van der Waals surface area contributed by atoms with E-state index in [1.807, 2.05) is 0 Å². The lowest BCUT2D eigenvalue weighted by Gasteiger charge is -2.29. The molecule has 0 aromatic heterocycles. The first-order chi connectivity index (χ1) is 4.91. The van der Waals surface area contributed by atoms with Gasteiger partial charge in [0.05, 0.1) is 6.10 Å². The van der Waals surface area contributed by atoms with Crippen molar-refractivity contribution >= 4 is 7.85 Å². The third kappa shape index (κ3) is 1.99. The predicted octanol–water partition coefficient (Wildman–Crippen LogP) is 1.42. The average molecular weight is 154 g/mol. The van der Waals surface area contributed by atoms with E-state index in [2.05, 4.69) is 35.5 Å². The van der Waals surface area contributed by atoms with Gasteiger partial charge in [-0.3, -0.25) is 0 Å². The molecule has 1 fully saturated rings.